The Morgan fingerprint density at radius 3 is 2.76 bits per heavy atom. The molecule has 0 spiro atoms. The van der Waals surface area contributed by atoms with Crippen LogP contribution in [-0.4, -0.2) is 16.2 Å². The van der Waals surface area contributed by atoms with Gasteiger partial charge in [0.1, 0.15) is 5.69 Å². The number of ether oxygens (including phenoxy) is 1. The fraction of sp³-hybridized carbons (Fsp3) is 0.167. The number of aliphatic hydroxyl groups excluding tert-OH is 1. The standard InChI is InChI=1S/C12H11NO4/c14-7-10-6-11(17-13-10)8-16-12(15)9-4-2-1-3-5-9/h1-6,14H,7-8H2. The van der Waals surface area contributed by atoms with E-state index in [0.717, 1.165) is 0 Å². The monoisotopic (exact) mass is 233 g/mol. The maximum Gasteiger partial charge on any atom is 0.338 e. The first-order valence-corrected chi connectivity index (χ1v) is 5.07. The second kappa shape index (κ2) is 5.27. The van der Waals surface area contributed by atoms with Crippen LogP contribution < -0.4 is 0 Å². The van der Waals surface area contributed by atoms with E-state index in [9.17, 15) is 4.79 Å². The van der Waals surface area contributed by atoms with Crippen molar-refractivity contribution in [3.05, 3.63) is 53.4 Å². The molecular formula is C12H11NO4. The Morgan fingerprint density at radius 2 is 2.12 bits per heavy atom. The molecule has 5 heteroatoms. The maximum absolute atomic E-state index is 11.6. The molecular weight excluding hydrogens is 222 g/mol. The molecule has 0 saturated heterocycles. The van der Waals surface area contributed by atoms with Gasteiger partial charge in [0.25, 0.3) is 0 Å². The van der Waals surface area contributed by atoms with Gasteiger partial charge < -0.3 is 14.4 Å². The summed E-state index contributed by atoms with van der Waals surface area (Å²) in [6.45, 7) is -0.198. The largest absolute Gasteiger partial charge is 0.454 e. The second-order valence-electron chi connectivity index (χ2n) is 3.38. The smallest absolute Gasteiger partial charge is 0.338 e. The van der Waals surface area contributed by atoms with Crippen molar-refractivity contribution < 1.29 is 19.2 Å². The lowest BCUT2D eigenvalue weighted by Crippen LogP contribution is -2.04. The molecule has 1 aromatic carbocycles. The van der Waals surface area contributed by atoms with Gasteiger partial charge in [-0.1, -0.05) is 23.4 Å². The van der Waals surface area contributed by atoms with Gasteiger partial charge >= 0.3 is 5.97 Å². The summed E-state index contributed by atoms with van der Waals surface area (Å²) >= 11 is 0. The Bertz CT molecular complexity index is 492. The van der Waals surface area contributed by atoms with E-state index in [2.05, 4.69) is 5.16 Å². The number of aromatic nitrogens is 1. The number of esters is 1. The van der Waals surface area contributed by atoms with Crippen LogP contribution in [0.3, 0.4) is 0 Å². The average molecular weight is 233 g/mol. The number of carbonyl (C=O) groups is 1. The first-order valence-electron chi connectivity index (χ1n) is 5.07. The molecule has 2 aromatic rings. The highest BCUT2D eigenvalue weighted by Crippen LogP contribution is 2.07. The predicted octanol–water partition coefficient (Wildman–Crippen LogP) is 1.52. The number of hydrogen-bond acceptors (Lipinski definition) is 5. The molecule has 1 heterocycles. The number of rotatable bonds is 4. The molecule has 88 valence electrons. The Kier molecular flexibility index (Phi) is 3.52. The van der Waals surface area contributed by atoms with Gasteiger partial charge in [0, 0.05) is 6.07 Å². The van der Waals surface area contributed by atoms with E-state index in [1.807, 2.05) is 6.07 Å². The average Bonchev–Trinajstić information content (AvgIpc) is 2.85. The highest BCUT2D eigenvalue weighted by atomic mass is 16.5. The summed E-state index contributed by atoms with van der Waals surface area (Å²) in [7, 11) is 0. The van der Waals surface area contributed by atoms with Gasteiger partial charge in [0.05, 0.1) is 12.2 Å². The molecule has 0 aliphatic heterocycles. The third-order valence-corrected chi connectivity index (χ3v) is 2.12. The van der Waals surface area contributed by atoms with E-state index in [1.54, 1.807) is 24.3 Å². The van der Waals surface area contributed by atoms with Gasteiger partial charge in [-0.05, 0) is 12.1 Å². The molecule has 0 atom stereocenters. The van der Waals surface area contributed by atoms with E-state index < -0.39 is 5.97 Å². The molecule has 5 nitrogen and oxygen atoms in total. The van der Waals surface area contributed by atoms with Crippen LogP contribution in [0.2, 0.25) is 0 Å². The highest BCUT2D eigenvalue weighted by Gasteiger charge is 2.09. The van der Waals surface area contributed by atoms with Crippen molar-refractivity contribution in [2.45, 2.75) is 13.2 Å². The first-order chi connectivity index (χ1) is 8.29. The van der Waals surface area contributed by atoms with Crippen LogP contribution in [-0.2, 0) is 18.0 Å². The van der Waals surface area contributed by atoms with Crippen molar-refractivity contribution in [3.8, 4) is 0 Å². The van der Waals surface area contributed by atoms with Crippen LogP contribution in [0.15, 0.2) is 40.9 Å². The van der Waals surface area contributed by atoms with Gasteiger partial charge in [-0.2, -0.15) is 0 Å². The lowest BCUT2D eigenvalue weighted by Gasteiger charge is -2.01. The van der Waals surface area contributed by atoms with Crippen LogP contribution in [0.4, 0.5) is 0 Å². The summed E-state index contributed by atoms with van der Waals surface area (Å²) < 4.78 is 9.87. The summed E-state index contributed by atoms with van der Waals surface area (Å²) in [4.78, 5) is 11.6. The molecule has 1 aromatic heterocycles. The van der Waals surface area contributed by atoms with Crippen LogP contribution in [0.1, 0.15) is 21.8 Å². The predicted molar refractivity (Wildman–Crippen MR) is 58.0 cm³/mol. The molecule has 0 fully saturated rings. The molecule has 0 radical (unpaired) electrons. The molecule has 17 heavy (non-hydrogen) atoms. The number of carbonyl (C=O) groups excluding carboxylic acids is 1. The molecule has 2 rings (SSSR count). The van der Waals surface area contributed by atoms with Crippen LogP contribution in [0.5, 0.6) is 0 Å². The minimum Gasteiger partial charge on any atom is -0.454 e. The van der Waals surface area contributed by atoms with Crippen molar-refractivity contribution >= 4 is 5.97 Å². The Hall–Kier alpha value is -2.14. The lowest BCUT2D eigenvalue weighted by atomic mass is 10.2. The van der Waals surface area contributed by atoms with Crippen LogP contribution in [0.25, 0.3) is 0 Å². The lowest BCUT2D eigenvalue weighted by molar-refractivity contribution is 0.0437. The summed E-state index contributed by atoms with van der Waals surface area (Å²) in [6.07, 6.45) is 0. The molecule has 0 aliphatic carbocycles. The second-order valence-corrected chi connectivity index (χ2v) is 3.38. The molecule has 0 amide bonds. The number of hydrogen-bond donors (Lipinski definition) is 1. The summed E-state index contributed by atoms with van der Waals surface area (Å²) in [5, 5.41) is 12.3. The minimum absolute atomic E-state index is 0.000722. The van der Waals surface area contributed by atoms with Crippen LogP contribution >= 0.6 is 0 Å². The van der Waals surface area contributed by atoms with E-state index in [0.29, 0.717) is 17.0 Å². The van der Waals surface area contributed by atoms with Gasteiger partial charge in [-0.15, -0.1) is 0 Å². The summed E-state index contributed by atoms with van der Waals surface area (Å²) in [6, 6.07) is 10.2. The van der Waals surface area contributed by atoms with Crippen molar-refractivity contribution in [2.75, 3.05) is 0 Å². The van der Waals surface area contributed by atoms with Crippen molar-refractivity contribution in [3.63, 3.8) is 0 Å². The fourth-order valence-electron chi connectivity index (χ4n) is 1.29. The van der Waals surface area contributed by atoms with Crippen molar-refractivity contribution in [1.82, 2.24) is 5.16 Å². The van der Waals surface area contributed by atoms with E-state index in [4.69, 9.17) is 14.4 Å². The molecule has 0 aliphatic rings. The molecule has 0 saturated carbocycles. The SMILES string of the molecule is O=C(OCc1cc(CO)no1)c1ccccc1. The zero-order valence-electron chi connectivity index (χ0n) is 9.00. The number of benzene rings is 1. The normalized spacial score (nSPS) is 10.2. The molecule has 1 N–H and O–H groups in total. The molecule has 0 bridgehead atoms. The summed E-state index contributed by atoms with van der Waals surface area (Å²) in [5.74, 6) is -0.0223. The Labute approximate surface area is 97.6 Å². The summed E-state index contributed by atoms with van der Waals surface area (Å²) in [5.41, 5.74) is 0.894. The van der Waals surface area contributed by atoms with Gasteiger partial charge in [-0.3, -0.25) is 0 Å². The van der Waals surface area contributed by atoms with E-state index in [-0.39, 0.29) is 13.2 Å². The zero-order chi connectivity index (χ0) is 12.1. The first kappa shape index (κ1) is 11.3. The van der Waals surface area contributed by atoms with Gasteiger partial charge in [0.2, 0.25) is 0 Å². The van der Waals surface area contributed by atoms with E-state index in [1.165, 1.54) is 6.07 Å². The fourth-order valence-corrected chi connectivity index (χ4v) is 1.29. The van der Waals surface area contributed by atoms with Crippen LogP contribution in [0, 0.1) is 0 Å². The minimum atomic E-state index is -0.424. The number of nitrogens with zero attached hydrogens (tertiary/aromatic N) is 1. The number of aliphatic hydroxyl groups is 1. The third-order valence-electron chi connectivity index (χ3n) is 2.12. The zero-order valence-corrected chi connectivity index (χ0v) is 9.00. The van der Waals surface area contributed by atoms with Gasteiger partial charge in [0.15, 0.2) is 12.4 Å². The maximum atomic E-state index is 11.6. The topological polar surface area (TPSA) is 72.6 Å². The Balaban J connectivity index is 1.92. The quantitative estimate of drug-likeness (QED) is 0.810. The van der Waals surface area contributed by atoms with E-state index >= 15 is 0 Å². The van der Waals surface area contributed by atoms with Gasteiger partial charge in [-0.25, -0.2) is 4.79 Å². The third kappa shape index (κ3) is 2.92. The molecule has 0 unspecified atom stereocenters. The Morgan fingerprint density at radius 1 is 1.35 bits per heavy atom. The van der Waals surface area contributed by atoms with Crippen molar-refractivity contribution in [1.29, 1.82) is 0 Å². The highest BCUT2D eigenvalue weighted by molar-refractivity contribution is 5.89. The van der Waals surface area contributed by atoms with Crippen molar-refractivity contribution in [2.24, 2.45) is 0 Å².